The minimum Gasteiger partial charge on any atom is -0.329 e. The third kappa shape index (κ3) is 2.20. The van der Waals surface area contributed by atoms with Crippen LogP contribution in [0, 0.1) is 0 Å². The molecule has 0 amide bonds. The molecule has 0 aromatic carbocycles. The van der Waals surface area contributed by atoms with E-state index in [2.05, 4.69) is 11.6 Å². The predicted octanol–water partition coefficient (Wildman–Crippen LogP) is 3.03. The molecule has 92 valence electrons. The number of aromatic amines is 1. The lowest BCUT2D eigenvalue weighted by Crippen LogP contribution is -2.19. The second kappa shape index (κ2) is 4.92. The van der Waals surface area contributed by atoms with Gasteiger partial charge in [-0.2, -0.15) is 0 Å². The average molecular weight is 240 g/mol. The van der Waals surface area contributed by atoms with Crippen molar-refractivity contribution in [2.75, 3.05) is 0 Å². The lowest BCUT2D eigenvalue weighted by Gasteiger charge is -2.29. The highest BCUT2D eigenvalue weighted by Crippen LogP contribution is 2.30. The normalized spacial score (nSPS) is 15.9. The standard InChI is InChI=1S/C15H16N2O/c1-4-9-17-12(3)11(2)5-6-14(17)13-7-8-16-15(18)10-13/h4-10H,3H2,1-2H3,(H,16,18)/b9-4-. The van der Waals surface area contributed by atoms with E-state index >= 15 is 0 Å². The molecule has 1 aliphatic heterocycles. The van der Waals surface area contributed by atoms with Crippen LogP contribution in [0.3, 0.4) is 0 Å². The lowest BCUT2D eigenvalue weighted by molar-refractivity contribution is 0.663. The van der Waals surface area contributed by atoms with Crippen molar-refractivity contribution in [1.82, 2.24) is 9.88 Å². The lowest BCUT2D eigenvalue weighted by atomic mass is 10.0. The van der Waals surface area contributed by atoms with Crippen LogP contribution in [0.25, 0.3) is 5.70 Å². The van der Waals surface area contributed by atoms with Crippen molar-refractivity contribution >= 4 is 5.70 Å². The van der Waals surface area contributed by atoms with Gasteiger partial charge in [-0.3, -0.25) is 4.79 Å². The average Bonchev–Trinajstić information content (AvgIpc) is 2.35. The quantitative estimate of drug-likeness (QED) is 0.862. The zero-order chi connectivity index (χ0) is 13.1. The maximum absolute atomic E-state index is 11.4. The summed E-state index contributed by atoms with van der Waals surface area (Å²) in [6.07, 6.45) is 9.56. The molecule has 0 saturated heterocycles. The zero-order valence-corrected chi connectivity index (χ0v) is 10.6. The van der Waals surface area contributed by atoms with Crippen LogP contribution in [0.2, 0.25) is 0 Å². The minimum atomic E-state index is -0.106. The van der Waals surface area contributed by atoms with E-state index in [1.807, 2.05) is 49.2 Å². The molecular weight excluding hydrogens is 224 g/mol. The molecule has 2 heterocycles. The maximum atomic E-state index is 11.4. The molecule has 3 nitrogen and oxygen atoms in total. The van der Waals surface area contributed by atoms with E-state index in [4.69, 9.17) is 0 Å². The number of hydrogen-bond donors (Lipinski definition) is 1. The topological polar surface area (TPSA) is 36.1 Å². The van der Waals surface area contributed by atoms with Gasteiger partial charge in [0.1, 0.15) is 0 Å². The fourth-order valence-electron chi connectivity index (χ4n) is 1.87. The molecule has 1 aliphatic rings. The fraction of sp³-hybridized carbons (Fsp3) is 0.133. The SMILES string of the molecule is C=C1C(C)=CC=C(c2cc[nH]c(=O)c2)N1/C=C\C. The summed E-state index contributed by atoms with van der Waals surface area (Å²) in [7, 11) is 0. The number of allylic oxidation sites excluding steroid dienone is 4. The van der Waals surface area contributed by atoms with Crippen LogP contribution in [-0.4, -0.2) is 9.88 Å². The van der Waals surface area contributed by atoms with E-state index in [9.17, 15) is 4.79 Å². The number of nitrogens with zero attached hydrogens (tertiary/aromatic N) is 1. The number of hydrogen-bond acceptors (Lipinski definition) is 2. The molecule has 0 spiro atoms. The van der Waals surface area contributed by atoms with E-state index in [1.165, 1.54) is 0 Å². The van der Waals surface area contributed by atoms with Gasteiger partial charge in [0.2, 0.25) is 5.56 Å². The van der Waals surface area contributed by atoms with Gasteiger partial charge in [-0.15, -0.1) is 0 Å². The Morgan fingerprint density at radius 3 is 2.83 bits per heavy atom. The van der Waals surface area contributed by atoms with Crippen molar-refractivity contribution < 1.29 is 0 Å². The Hall–Kier alpha value is -2.29. The van der Waals surface area contributed by atoms with Crippen molar-refractivity contribution in [3.63, 3.8) is 0 Å². The van der Waals surface area contributed by atoms with E-state index < -0.39 is 0 Å². The van der Waals surface area contributed by atoms with Crippen LogP contribution in [0.5, 0.6) is 0 Å². The molecule has 1 aromatic heterocycles. The Bertz CT molecular complexity index is 617. The van der Waals surface area contributed by atoms with Crippen LogP contribution in [0.1, 0.15) is 19.4 Å². The van der Waals surface area contributed by atoms with Crippen LogP contribution in [-0.2, 0) is 0 Å². The summed E-state index contributed by atoms with van der Waals surface area (Å²) in [5.41, 5.74) is 3.76. The van der Waals surface area contributed by atoms with Crippen LogP contribution in [0.4, 0.5) is 0 Å². The summed E-state index contributed by atoms with van der Waals surface area (Å²) >= 11 is 0. The van der Waals surface area contributed by atoms with Crippen molar-refractivity contribution in [2.45, 2.75) is 13.8 Å². The molecule has 0 radical (unpaired) electrons. The van der Waals surface area contributed by atoms with E-state index in [-0.39, 0.29) is 5.56 Å². The number of rotatable bonds is 2. The van der Waals surface area contributed by atoms with Crippen molar-refractivity contribution in [3.05, 3.63) is 76.5 Å². The number of H-pyrrole nitrogens is 1. The highest BCUT2D eigenvalue weighted by atomic mass is 16.1. The molecule has 3 heteroatoms. The summed E-state index contributed by atoms with van der Waals surface area (Å²) in [4.78, 5) is 16.0. The van der Waals surface area contributed by atoms with Crippen LogP contribution < -0.4 is 5.56 Å². The van der Waals surface area contributed by atoms with Gasteiger partial charge in [0.05, 0.1) is 5.70 Å². The van der Waals surface area contributed by atoms with Gasteiger partial charge < -0.3 is 9.88 Å². The second-order valence-corrected chi connectivity index (χ2v) is 4.14. The third-order valence-corrected chi connectivity index (χ3v) is 2.87. The maximum Gasteiger partial charge on any atom is 0.248 e. The van der Waals surface area contributed by atoms with Gasteiger partial charge in [-0.1, -0.05) is 18.7 Å². The Labute approximate surface area is 106 Å². The number of nitrogens with one attached hydrogen (secondary N) is 1. The minimum absolute atomic E-state index is 0.106. The Balaban J connectivity index is 2.53. The number of pyridine rings is 1. The van der Waals surface area contributed by atoms with E-state index in [1.54, 1.807) is 12.3 Å². The summed E-state index contributed by atoms with van der Waals surface area (Å²) in [6.45, 7) is 8.05. The first-order valence-electron chi connectivity index (χ1n) is 5.82. The molecule has 0 atom stereocenters. The Kier molecular flexibility index (Phi) is 3.33. The summed E-state index contributed by atoms with van der Waals surface area (Å²) in [6, 6.07) is 3.47. The predicted molar refractivity (Wildman–Crippen MR) is 74.6 cm³/mol. The smallest absolute Gasteiger partial charge is 0.248 e. The molecule has 0 saturated carbocycles. The monoisotopic (exact) mass is 240 g/mol. The highest BCUT2D eigenvalue weighted by Gasteiger charge is 2.16. The van der Waals surface area contributed by atoms with Gasteiger partial charge >= 0.3 is 0 Å². The number of aromatic nitrogens is 1. The summed E-state index contributed by atoms with van der Waals surface area (Å²) < 4.78 is 0. The Morgan fingerprint density at radius 2 is 2.17 bits per heavy atom. The first-order chi connectivity index (χ1) is 8.63. The molecule has 0 fully saturated rings. The van der Waals surface area contributed by atoms with E-state index in [0.29, 0.717) is 0 Å². The molecule has 1 N–H and O–H groups in total. The summed E-state index contributed by atoms with van der Waals surface area (Å²) in [5.74, 6) is 0. The van der Waals surface area contributed by atoms with Gasteiger partial charge in [-0.05, 0) is 31.6 Å². The molecule has 2 rings (SSSR count). The third-order valence-electron chi connectivity index (χ3n) is 2.87. The first kappa shape index (κ1) is 12.2. The summed E-state index contributed by atoms with van der Waals surface area (Å²) in [5, 5.41) is 0. The first-order valence-corrected chi connectivity index (χ1v) is 5.82. The molecular formula is C15H16N2O. The molecule has 0 bridgehead atoms. The molecule has 18 heavy (non-hydrogen) atoms. The second-order valence-electron chi connectivity index (χ2n) is 4.14. The zero-order valence-electron chi connectivity index (χ0n) is 10.6. The highest BCUT2D eigenvalue weighted by molar-refractivity contribution is 5.71. The van der Waals surface area contributed by atoms with Gasteiger partial charge in [0, 0.05) is 29.7 Å². The van der Waals surface area contributed by atoms with Gasteiger partial charge in [0.25, 0.3) is 0 Å². The van der Waals surface area contributed by atoms with E-state index in [0.717, 1.165) is 22.5 Å². The van der Waals surface area contributed by atoms with Crippen LogP contribution >= 0.6 is 0 Å². The fourth-order valence-corrected chi connectivity index (χ4v) is 1.87. The van der Waals surface area contributed by atoms with Crippen LogP contribution in [0.15, 0.2) is 65.4 Å². The largest absolute Gasteiger partial charge is 0.329 e. The van der Waals surface area contributed by atoms with Crippen molar-refractivity contribution in [2.24, 2.45) is 0 Å². The molecule has 1 aromatic rings. The van der Waals surface area contributed by atoms with Gasteiger partial charge in [0.15, 0.2) is 0 Å². The van der Waals surface area contributed by atoms with Crippen molar-refractivity contribution in [1.29, 1.82) is 0 Å². The van der Waals surface area contributed by atoms with Crippen molar-refractivity contribution in [3.8, 4) is 0 Å². The molecule has 0 unspecified atom stereocenters. The Morgan fingerprint density at radius 1 is 1.39 bits per heavy atom. The van der Waals surface area contributed by atoms with Gasteiger partial charge in [-0.25, -0.2) is 0 Å². The molecule has 0 aliphatic carbocycles.